The zero-order valence-corrected chi connectivity index (χ0v) is 14.8. The lowest BCUT2D eigenvalue weighted by molar-refractivity contribution is -0.386. The maximum atomic E-state index is 12.7. The maximum Gasteiger partial charge on any atom is 0.326 e. The second-order valence-corrected chi connectivity index (χ2v) is 6.17. The summed E-state index contributed by atoms with van der Waals surface area (Å²) in [7, 11) is 0. The number of aryl methyl sites for hydroxylation is 2. The van der Waals surface area contributed by atoms with Gasteiger partial charge in [-0.1, -0.05) is 30.3 Å². The third kappa shape index (κ3) is 4.05. The smallest absolute Gasteiger partial charge is 0.326 e. The Morgan fingerprint density at radius 1 is 1.15 bits per heavy atom. The highest BCUT2D eigenvalue weighted by Gasteiger charge is 2.27. The third-order valence-electron chi connectivity index (χ3n) is 4.23. The van der Waals surface area contributed by atoms with Crippen LogP contribution in [0.2, 0.25) is 0 Å². The molecule has 7 nitrogen and oxygen atoms in total. The molecule has 2 N–H and O–H groups in total. The van der Waals surface area contributed by atoms with E-state index in [1.54, 1.807) is 44.2 Å². The van der Waals surface area contributed by atoms with Crippen LogP contribution in [0.15, 0.2) is 36.4 Å². The molecule has 0 spiro atoms. The molecule has 0 radical (unpaired) electrons. The van der Waals surface area contributed by atoms with Gasteiger partial charge in [-0.3, -0.25) is 14.9 Å². The lowest BCUT2D eigenvalue weighted by Gasteiger charge is -2.17. The molecule has 0 saturated carbocycles. The second kappa shape index (κ2) is 7.77. The van der Waals surface area contributed by atoms with Crippen LogP contribution in [0.1, 0.15) is 32.6 Å². The summed E-state index contributed by atoms with van der Waals surface area (Å²) >= 11 is 0. The van der Waals surface area contributed by atoms with Gasteiger partial charge in [0.15, 0.2) is 0 Å². The van der Waals surface area contributed by atoms with Gasteiger partial charge in [-0.05, 0) is 38.0 Å². The van der Waals surface area contributed by atoms with E-state index in [9.17, 15) is 24.8 Å². The van der Waals surface area contributed by atoms with E-state index >= 15 is 0 Å². The molecule has 0 aliphatic carbocycles. The molecule has 0 heterocycles. The first-order valence-electron chi connectivity index (χ1n) is 8.05. The van der Waals surface area contributed by atoms with Crippen molar-refractivity contribution in [3.8, 4) is 0 Å². The van der Waals surface area contributed by atoms with Gasteiger partial charge in [0, 0.05) is 17.5 Å². The summed E-state index contributed by atoms with van der Waals surface area (Å²) in [5.74, 6) is -1.80. The molecule has 0 bridgehead atoms. The standard InChI is InChI=1S/C19H20N2O5/c1-11-9-12(2)17(21(25)26)13(3)16(11)18(22)20-15(19(23)24)10-14-7-5-4-6-8-14/h4-9,15H,10H2,1-3H3,(H,20,22)(H,23,24). The number of nitro benzene ring substituents is 1. The number of carboxylic acids is 1. The molecule has 2 aromatic rings. The summed E-state index contributed by atoms with van der Waals surface area (Å²) in [5.41, 5.74) is 2.03. The van der Waals surface area contributed by atoms with Gasteiger partial charge < -0.3 is 10.4 Å². The minimum atomic E-state index is -1.17. The summed E-state index contributed by atoms with van der Waals surface area (Å²) in [6, 6.07) is 9.36. The second-order valence-electron chi connectivity index (χ2n) is 6.17. The first-order valence-corrected chi connectivity index (χ1v) is 8.05. The number of carbonyl (C=O) groups excluding carboxylic acids is 1. The quantitative estimate of drug-likeness (QED) is 0.611. The van der Waals surface area contributed by atoms with Crippen molar-refractivity contribution in [2.45, 2.75) is 33.2 Å². The summed E-state index contributed by atoms with van der Waals surface area (Å²) < 4.78 is 0. The van der Waals surface area contributed by atoms with Gasteiger partial charge in [0.05, 0.1) is 10.5 Å². The van der Waals surface area contributed by atoms with Crippen LogP contribution in [0, 0.1) is 30.9 Å². The van der Waals surface area contributed by atoms with Gasteiger partial charge in [-0.2, -0.15) is 0 Å². The van der Waals surface area contributed by atoms with E-state index in [4.69, 9.17) is 0 Å². The van der Waals surface area contributed by atoms with Gasteiger partial charge in [-0.25, -0.2) is 4.79 Å². The minimum absolute atomic E-state index is 0.119. The summed E-state index contributed by atoms with van der Waals surface area (Å²) in [6.07, 6.45) is 0.119. The highest BCUT2D eigenvalue weighted by Crippen LogP contribution is 2.28. The molecular weight excluding hydrogens is 336 g/mol. The topological polar surface area (TPSA) is 110 Å². The highest BCUT2D eigenvalue weighted by molar-refractivity contribution is 6.00. The van der Waals surface area contributed by atoms with E-state index in [-0.39, 0.29) is 23.2 Å². The SMILES string of the molecule is Cc1cc(C)c([N+](=O)[O-])c(C)c1C(=O)NC(Cc1ccccc1)C(=O)O. The number of aliphatic carboxylic acids is 1. The fourth-order valence-electron chi connectivity index (χ4n) is 3.09. The van der Waals surface area contributed by atoms with Crippen molar-refractivity contribution < 1.29 is 19.6 Å². The summed E-state index contributed by atoms with van der Waals surface area (Å²) in [4.78, 5) is 35.0. The van der Waals surface area contributed by atoms with E-state index in [0.29, 0.717) is 11.1 Å². The monoisotopic (exact) mass is 356 g/mol. The number of hydrogen-bond donors (Lipinski definition) is 2. The van der Waals surface area contributed by atoms with Crippen LogP contribution in [-0.4, -0.2) is 27.9 Å². The Kier molecular flexibility index (Phi) is 5.71. The highest BCUT2D eigenvalue weighted by atomic mass is 16.6. The molecule has 26 heavy (non-hydrogen) atoms. The molecular formula is C19H20N2O5. The van der Waals surface area contributed by atoms with Crippen LogP contribution in [0.3, 0.4) is 0 Å². The van der Waals surface area contributed by atoms with Crippen LogP contribution in [0.25, 0.3) is 0 Å². The van der Waals surface area contributed by atoms with Crippen molar-refractivity contribution in [3.63, 3.8) is 0 Å². The van der Waals surface area contributed by atoms with Crippen LogP contribution in [0.5, 0.6) is 0 Å². The lowest BCUT2D eigenvalue weighted by atomic mass is 9.96. The Bertz CT molecular complexity index is 862. The molecule has 1 amide bonds. The van der Waals surface area contributed by atoms with E-state index in [1.807, 2.05) is 6.07 Å². The molecule has 136 valence electrons. The van der Waals surface area contributed by atoms with Crippen molar-refractivity contribution in [1.82, 2.24) is 5.32 Å². The predicted octanol–water partition coefficient (Wildman–Crippen LogP) is 2.95. The number of amides is 1. The minimum Gasteiger partial charge on any atom is -0.480 e. The van der Waals surface area contributed by atoms with Crippen LogP contribution in [-0.2, 0) is 11.2 Å². The zero-order valence-electron chi connectivity index (χ0n) is 14.8. The van der Waals surface area contributed by atoms with E-state index in [0.717, 1.165) is 5.56 Å². The van der Waals surface area contributed by atoms with Crippen molar-refractivity contribution in [2.75, 3.05) is 0 Å². The molecule has 1 atom stereocenters. The predicted molar refractivity (Wildman–Crippen MR) is 96.3 cm³/mol. The summed E-state index contributed by atoms with van der Waals surface area (Å²) in [6.45, 7) is 4.78. The third-order valence-corrected chi connectivity index (χ3v) is 4.23. The van der Waals surface area contributed by atoms with Crippen molar-refractivity contribution in [3.05, 3.63) is 74.3 Å². The Morgan fingerprint density at radius 2 is 1.77 bits per heavy atom. The Labute approximate surface area is 150 Å². The molecule has 0 aromatic heterocycles. The fraction of sp³-hybridized carbons (Fsp3) is 0.263. The molecule has 0 fully saturated rings. The van der Waals surface area contributed by atoms with E-state index in [1.165, 1.54) is 6.92 Å². The summed E-state index contributed by atoms with van der Waals surface area (Å²) in [5, 5.41) is 23.2. The first-order chi connectivity index (χ1) is 12.2. The van der Waals surface area contributed by atoms with Crippen molar-refractivity contribution >= 4 is 17.6 Å². The maximum absolute atomic E-state index is 12.7. The van der Waals surface area contributed by atoms with Gasteiger partial charge in [0.25, 0.3) is 11.6 Å². The molecule has 0 aliphatic heterocycles. The number of benzene rings is 2. The average Bonchev–Trinajstić information content (AvgIpc) is 2.54. The largest absolute Gasteiger partial charge is 0.480 e. The molecule has 0 saturated heterocycles. The molecule has 1 unspecified atom stereocenters. The van der Waals surface area contributed by atoms with Crippen molar-refractivity contribution in [1.29, 1.82) is 0 Å². The van der Waals surface area contributed by atoms with Crippen LogP contribution in [0.4, 0.5) is 5.69 Å². The molecule has 0 aliphatic rings. The van der Waals surface area contributed by atoms with Gasteiger partial charge >= 0.3 is 5.97 Å². The fourth-order valence-corrected chi connectivity index (χ4v) is 3.09. The van der Waals surface area contributed by atoms with Crippen molar-refractivity contribution in [2.24, 2.45) is 0 Å². The zero-order chi connectivity index (χ0) is 19.4. The van der Waals surface area contributed by atoms with Crippen LogP contribution >= 0.6 is 0 Å². The van der Waals surface area contributed by atoms with Gasteiger partial charge in [-0.15, -0.1) is 0 Å². The van der Waals surface area contributed by atoms with Gasteiger partial charge in [0.2, 0.25) is 0 Å². The van der Waals surface area contributed by atoms with Crippen LogP contribution < -0.4 is 5.32 Å². The number of carbonyl (C=O) groups is 2. The number of hydrogen-bond acceptors (Lipinski definition) is 4. The number of carboxylic acid groups (broad SMARTS) is 1. The molecule has 7 heteroatoms. The molecule has 2 rings (SSSR count). The Morgan fingerprint density at radius 3 is 2.31 bits per heavy atom. The number of nitrogens with one attached hydrogen (secondary N) is 1. The van der Waals surface area contributed by atoms with Gasteiger partial charge in [0.1, 0.15) is 6.04 Å². The van der Waals surface area contributed by atoms with E-state index < -0.39 is 22.8 Å². The Balaban J connectivity index is 2.34. The average molecular weight is 356 g/mol. The lowest BCUT2D eigenvalue weighted by Crippen LogP contribution is -2.42. The first kappa shape index (κ1) is 19.1. The molecule has 2 aromatic carbocycles. The van der Waals surface area contributed by atoms with E-state index in [2.05, 4.69) is 5.32 Å². The number of nitro groups is 1. The number of nitrogens with zero attached hydrogens (tertiary/aromatic N) is 1. The Hall–Kier alpha value is -3.22. The normalized spacial score (nSPS) is 11.7. The number of rotatable bonds is 6.